The fraction of sp³-hybridized carbons (Fsp3) is 0.417. The van der Waals surface area contributed by atoms with Gasteiger partial charge in [-0.25, -0.2) is 0 Å². The second-order valence-corrected chi connectivity index (χ2v) is 3.77. The zero-order valence-electron chi connectivity index (χ0n) is 8.85. The highest BCUT2D eigenvalue weighted by Crippen LogP contribution is 2.31. The van der Waals surface area contributed by atoms with Crippen molar-refractivity contribution in [1.82, 2.24) is 4.90 Å². The van der Waals surface area contributed by atoms with Gasteiger partial charge < -0.3 is 9.64 Å². The Bertz CT molecular complexity index is 334. The second kappa shape index (κ2) is 4.34. The molecule has 15 heavy (non-hydrogen) atoms. The number of likely N-dealkylation sites (tertiary alicyclic amines) is 1. The summed E-state index contributed by atoms with van der Waals surface area (Å²) in [6, 6.07) is 8.21. The minimum atomic E-state index is 0.258. The van der Waals surface area contributed by atoms with E-state index >= 15 is 0 Å². The molecular formula is C12H15NO2. The van der Waals surface area contributed by atoms with Gasteiger partial charge in [0, 0.05) is 6.54 Å². The van der Waals surface area contributed by atoms with Gasteiger partial charge in [0.25, 0.3) is 0 Å². The minimum absolute atomic E-state index is 0.258. The zero-order chi connectivity index (χ0) is 10.7. The number of hydrogen-bond donors (Lipinski definition) is 0. The minimum Gasteiger partial charge on any atom is -0.497 e. The van der Waals surface area contributed by atoms with E-state index in [1.54, 1.807) is 7.11 Å². The molecule has 2 rings (SSSR count). The van der Waals surface area contributed by atoms with Gasteiger partial charge in [-0.3, -0.25) is 4.79 Å². The average molecular weight is 205 g/mol. The Kier molecular flexibility index (Phi) is 2.90. The van der Waals surface area contributed by atoms with Crippen molar-refractivity contribution in [2.45, 2.75) is 18.9 Å². The first kappa shape index (κ1) is 10.0. The number of carbonyl (C=O) groups excluding carboxylic acids is 1. The number of benzene rings is 1. The fourth-order valence-electron chi connectivity index (χ4n) is 2.10. The average Bonchev–Trinajstić information content (AvgIpc) is 2.77. The van der Waals surface area contributed by atoms with Crippen molar-refractivity contribution in [3.05, 3.63) is 29.8 Å². The smallest absolute Gasteiger partial charge is 0.210 e. The molecule has 3 nitrogen and oxygen atoms in total. The third-order valence-electron chi connectivity index (χ3n) is 2.93. The molecule has 0 bridgehead atoms. The molecular weight excluding hydrogens is 190 g/mol. The predicted molar refractivity (Wildman–Crippen MR) is 57.7 cm³/mol. The van der Waals surface area contributed by atoms with E-state index in [4.69, 9.17) is 4.74 Å². The molecule has 1 aromatic carbocycles. The Hall–Kier alpha value is -1.51. The monoisotopic (exact) mass is 205 g/mol. The van der Waals surface area contributed by atoms with Crippen molar-refractivity contribution < 1.29 is 9.53 Å². The van der Waals surface area contributed by atoms with Crippen molar-refractivity contribution in [1.29, 1.82) is 0 Å². The number of rotatable bonds is 3. The number of ether oxygens (including phenoxy) is 1. The van der Waals surface area contributed by atoms with Crippen LogP contribution in [-0.2, 0) is 4.79 Å². The van der Waals surface area contributed by atoms with Crippen LogP contribution in [0.5, 0.6) is 5.75 Å². The van der Waals surface area contributed by atoms with E-state index in [1.165, 1.54) is 5.56 Å². The SMILES string of the molecule is COc1ccc(C2CCCN2C=O)cc1. The normalized spacial score (nSPS) is 20.3. The predicted octanol–water partition coefficient (Wildman–Crippen LogP) is 1.99. The van der Waals surface area contributed by atoms with Crippen molar-refractivity contribution >= 4 is 6.41 Å². The molecule has 1 aliphatic rings. The van der Waals surface area contributed by atoms with Gasteiger partial charge in [0.2, 0.25) is 6.41 Å². The maximum Gasteiger partial charge on any atom is 0.210 e. The first-order chi connectivity index (χ1) is 7.35. The molecule has 0 aromatic heterocycles. The van der Waals surface area contributed by atoms with E-state index in [2.05, 4.69) is 0 Å². The molecule has 1 heterocycles. The number of nitrogens with zero attached hydrogens (tertiary/aromatic N) is 1. The molecule has 1 atom stereocenters. The summed E-state index contributed by atoms with van der Waals surface area (Å²) in [5.41, 5.74) is 1.19. The van der Waals surface area contributed by atoms with E-state index in [-0.39, 0.29) is 6.04 Å². The van der Waals surface area contributed by atoms with Crippen LogP contribution in [-0.4, -0.2) is 25.0 Å². The highest BCUT2D eigenvalue weighted by molar-refractivity contribution is 5.49. The molecule has 1 unspecified atom stereocenters. The van der Waals surface area contributed by atoms with E-state index in [1.807, 2.05) is 29.2 Å². The van der Waals surface area contributed by atoms with Gasteiger partial charge in [-0.1, -0.05) is 12.1 Å². The zero-order valence-corrected chi connectivity index (χ0v) is 8.85. The topological polar surface area (TPSA) is 29.5 Å². The quantitative estimate of drug-likeness (QED) is 0.706. The number of amides is 1. The summed E-state index contributed by atoms with van der Waals surface area (Å²) in [7, 11) is 1.66. The summed E-state index contributed by atoms with van der Waals surface area (Å²) in [5, 5.41) is 0. The fourth-order valence-corrected chi connectivity index (χ4v) is 2.10. The number of methoxy groups -OCH3 is 1. The van der Waals surface area contributed by atoms with Gasteiger partial charge in [0.15, 0.2) is 0 Å². The van der Waals surface area contributed by atoms with Crippen LogP contribution in [0.3, 0.4) is 0 Å². The Morgan fingerprint density at radius 1 is 1.40 bits per heavy atom. The maximum atomic E-state index is 10.8. The van der Waals surface area contributed by atoms with Gasteiger partial charge in [0.05, 0.1) is 13.2 Å². The van der Waals surface area contributed by atoms with E-state index in [0.29, 0.717) is 0 Å². The van der Waals surface area contributed by atoms with Gasteiger partial charge in [0.1, 0.15) is 5.75 Å². The highest BCUT2D eigenvalue weighted by atomic mass is 16.5. The lowest BCUT2D eigenvalue weighted by Gasteiger charge is -2.20. The van der Waals surface area contributed by atoms with Gasteiger partial charge >= 0.3 is 0 Å². The lowest BCUT2D eigenvalue weighted by molar-refractivity contribution is -0.118. The molecule has 80 valence electrons. The summed E-state index contributed by atoms with van der Waals surface area (Å²) < 4.78 is 5.10. The van der Waals surface area contributed by atoms with Gasteiger partial charge in [-0.2, -0.15) is 0 Å². The lowest BCUT2D eigenvalue weighted by atomic mass is 10.0. The molecule has 1 fully saturated rings. The summed E-state index contributed by atoms with van der Waals surface area (Å²) in [6.07, 6.45) is 3.10. The Balaban J connectivity index is 2.17. The van der Waals surface area contributed by atoms with Crippen LogP contribution in [0, 0.1) is 0 Å². The van der Waals surface area contributed by atoms with Crippen LogP contribution < -0.4 is 4.74 Å². The van der Waals surface area contributed by atoms with E-state index < -0.39 is 0 Å². The number of hydrogen-bond acceptors (Lipinski definition) is 2. The standard InChI is InChI=1S/C12H15NO2/c1-15-11-6-4-10(5-7-11)12-3-2-8-13(12)9-14/h4-7,9,12H,2-3,8H2,1H3. The molecule has 0 spiro atoms. The molecule has 0 N–H and O–H groups in total. The van der Waals surface area contributed by atoms with Crippen molar-refractivity contribution in [3.63, 3.8) is 0 Å². The van der Waals surface area contributed by atoms with Crippen LogP contribution >= 0.6 is 0 Å². The van der Waals surface area contributed by atoms with Crippen LogP contribution in [0.25, 0.3) is 0 Å². The van der Waals surface area contributed by atoms with Gasteiger partial charge in [-0.05, 0) is 30.5 Å². The van der Waals surface area contributed by atoms with E-state index in [9.17, 15) is 4.79 Å². The Morgan fingerprint density at radius 2 is 2.13 bits per heavy atom. The third-order valence-corrected chi connectivity index (χ3v) is 2.93. The molecule has 0 aliphatic carbocycles. The summed E-state index contributed by atoms with van der Waals surface area (Å²) in [5.74, 6) is 0.856. The van der Waals surface area contributed by atoms with Crippen molar-refractivity contribution in [3.8, 4) is 5.75 Å². The summed E-state index contributed by atoms with van der Waals surface area (Å²) in [4.78, 5) is 12.7. The van der Waals surface area contributed by atoms with Gasteiger partial charge in [-0.15, -0.1) is 0 Å². The summed E-state index contributed by atoms with van der Waals surface area (Å²) in [6.45, 7) is 0.875. The highest BCUT2D eigenvalue weighted by Gasteiger charge is 2.24. The molecule has 1 aliphatic heterocycles. The first-order valence-corrected chi connectivity index (χ1v) is 5.20. The largest absolute Gasteiger partial charge is 0.497 e. The molecule has 1 aromatic rings. The van der Waals surface area contributed by atoms with Crippen LogP contribution in [0.15, 0.2) is 24.3 Å². The second-order valence-electron chi connectivity index (χ2n) is 3.77. The molecule has 0 saturated carbocycles. The summed E-state index contributed by atoms with van der Waals surface area (Å²) >= 11 is 0. The molecule has 0 radical (unpaired) electrons. The maximum absolute atomic E-state index is 10.8. The van der Waals surface area contributed by atoms with E-state index in [0.717, 1.165) is 31.5 Å². The first-order valence-electron chi connectivity index (χ1n) is 5.20. The van der Waals surface area contributed by atoms with Crippen molar-refractivity contribution in [2.24, 2.45) is 0 Å². The molecule has 3 heteroatoms. The van der Waals surface area contributed by atoms with Crippen LogP contribution in [0.1, 0.15) is 24.4 Å². The molecule has 1 saturated heterocycles. The number of carbonyl (C=O) groups is 1. The Labute approximate surface area is 89.7 Å². The third kappa shape index (κ3) is 1.96. The Morgan fingerprint density at radius 3 is 2.73 bits per heavy atom. The lowest BCUT2D eigenvalue weighted by Crippen LogP contribution is -2.20. The molecule has 1 amide bonds. The van der Waals surface area contributed by atoms with Crippen LogP contribution in [0.2, 0.25) is 0 Å². The van der Waals surface area contributed by atoms with Crippen molar-refractivity contribution in [2.75, 3.05) is 13.7 Å². The van der Waals surface area contributed by atoms with Crippen LogP contribution in [0.4, 0.5) is 0 Å².